The Morgan fingerprint density at radius 1 is 0.848 bits per heavy atom. The Hall–Kier alpha value is -2.71. The van der Waals surface area contributed by atoms with Gasteiger partial charge in [-0.15, -0.1) is 0 Å². The number of nitrogen functional groups attached to an aromatic ring is 1. The Balaban J connectivity index is 0.000000510. The molecule has 0 aromatic carbocycles. The summed E-state index contributed by atoms with van der Waals surface area (Å²) in [4.78, 5) is 57.8. The van der Waals surface area contributed by atoms with E-state index >= 15 is 0 Å². The van der Waals surface area contributed by atoms with Gasteiger partial charge in [-0.25, -0.2) is 19.9 Å². The molecule has 15 heteroatoms. The number of methoxy groups -OCH3 is 2. The number of anilines is 2. The Kier molecular flexibility index (Phi) is 16.3. The number of hydrogen-bond acceptors (Lipinski definition) is 11. The van der Waals surface area contributed by atoms with E-state index in [2.05, 4.69) is 66.6 Å². The lowest BCUT2D eigenvalue weighted by molar-refractivity contribution is -0.142. The van der Waals surface area contributed by atoms with E-state index in [0.717, 1.165) is 0 Å². The van der Waals surface area contributed by atoms with Gasteiger partial charge in [0.1, 0.15) is 15.0 Å². The third kappa shape index (κ3) is 17.5. The topological polar surface area (TPSA) is 176 Å². The predicted octanol–water partition coefficient (Wildman–Crippen LogP) is 2.66. The molecule has 2 aromatic rings. The van der Waals surface area contributed by atoms with Crippen molar-refractivity contribution >= 4 is 78.2 Å². The van der Waals surface area contributed by atoms with Gasteiger partial charge in [-0.05, 0) is 43.5 Å². The van der Waals surface area contributed by atoms with Crippen molar-refractivity contribution < 1.29 is 28.7 Å². The molecule has 0 spiro atoms. The second-order valence-corrected chi connectivity index (χ2v) is 7.59. The Morgan fingerprint density at radius 2 is 1.36 bits per heavy atom. The van der Waals surface area contributed by atoms with Gasteiger partial charge < -0.3 is 20.5 Å². The minimum atomic E-state index is -0.514. The summed E-state index contributed by atoms with van der Waals surface area (Å²) in [6.45, 7) is 0. The van der Waals surface area contributed by atoms with E-state index < -0.39 is 17.2 Å². The molecule has 0 aliphatic carbocycles. The molecule has 1 amide bonds. The molecule has 12 nitrogen and oxygen atoms in total. The van der Waals surface area contributed by atoms with Crippen LogP contribution in [-0.4, -0.2) is 57.2 Å². The van der Waals surface area contributed by atoms with E-state index in [1.807, 2.05) is 0 Å². The fourth-order valence-electron chi connectivity index (χ4n) is 1.52. The first-order valence-corrected chi connectivity index (χ1v) is 10.9. The van der Waals surface area contributed by atoms with Crippen LogP contribution < -0.4 is 11.1 Å². The summed E-state index contributed by atoms with van der Waals surface area (Å²) in [6, 6.07) is 0. The third-order valence-electron chi connectivity index (χ3n) is 3.07. The lowest BCUT2D eigenvalue weighted by Crippen LogP contribution is -2.14. The van der Waals surface area contributed by atoms with Crippen molar-refractivity contribution in [3.63, 3.8) is 0 Å². The van der Waals surface area contributed by atoms with Gasteiger partial charge in [-0.1, -0.05) is 0 Å². The molecule has 0 aliphatic rings. The molecule has 0 radical (unpaired) electrons. The molecule has 0 saturated carbocycles. The number of rotatable bonds is 7. The third-order valence-corrected chi connectivity index (χ3v) is 4.07. The van der Waals surface area contributed by atoms with Crippen LogP contribution in [0.4, 0.5) is 11.6 Å². The standard InChI is InChI=1S/C9H10BrN3O3.C5H7ClO3.C4H4BrN3/c1-16-9(15)3-2-8(14)13-7-5-11-6(10)4-12-7;1-9-5(8)3-2-4(6)7;5-3-1-8-4(6)2-7-3/h4-5H,2-3H2,1H3,(H,12,13,14);2-3H2,1H3;1-2H,(H2,6,8). The van der Waals surface area contributed by atoms with Crippen LogP contribution in [0, 0.1) is 0 Å². The summed E-state index contributed by atoms with van der Waals surface area (Å²) in [5.41, 5.74) is 5.23. The van der Waals surface area contributed by atoms with Crippen molar-refractivity contribution in [2.24, 2.45) is 0 Å². The van der Waals surface area contributed by atoms with Crippen molar-refractivity contribution in [2.45, 2.75) is 25.7 Å². The van der Waals surface area contributed by atoms with Crippen LogP contribution in [0.1, 0.15) is 25.7 Å². The molecule has 0 bridgehead atoms. The normalized spacial score (nSPS) is 9.24. The van der Waals surface area contributed by atoms with Gasteiger partial charge in [-0.3, -0.25) is 19.2 Å². The Bertz CT molecular complexity index is 881. The molecule has 0 saturated heterocycles. The van der Waals surface area contributed by atoms with Crippen molar-refractivity contribution in [1.29, 1.82) is 0 Å². The lowest BCUT2D eigenvalue weighted by atomic mass is 10.3. The second-order valence-electron chi connectivity index (χ2n) is 5.54. The first kappa shape index (κ1) is 30.3. The van der Waals surface area contributed by atoms with E-state index in [1.54, 1.807) is 6.20 Å². The number of nitrogens with one attached hydrogen (secondary N) is 1. The van der Waals surface area contributed by atoms with E-state index in [0.29, 0.717) is 20.8 Å². The largest absolute Gasteiger partial charge is 0.469 e. The SMILES string of the molecule is COC(=O)CCC(=O)Cl.COC(=O)CCC(=O)Nc1cnc(Br)cn1.Nc1cnc(Br)cn1. The number of esters is 2. The van der Waals surface area contributed by atoms with Gasteiger partial charge in [0, 0.05) is 12.8 Å². The molecular weight excluding hydrogens is 591 g/mol. The maximum absolute atomic E-state index is 11.3. The molecule has 0 atom stereocenters. The minimum absolute atomic E-state index is 0.0479. The maximum Gasteiger partial charge on any atom is 0.306 e. The van der Waals surface area contributed by atoms with Crippen LogP contribution in [-0.2, 0) is 28.7 Å². The van der Waals surface area contributed by atoms with Crippen LogP contribution in [0.5, 0.6) is 0 Å². The van der Waals surface area contributed by atoms with Crippen molar-refractivity contribution in [1.82, 2.24) is 19.9 Å². The van der Waals surface area contributed by atoms with Gasteiger partial charge in [0.15, 0.2) is 5.82 Å². The summed E-state index contributed by atoms with van der Waals surface area (Å²) in [6.07, 6.45) is 6.15. The molecule has 33 heavy (non-hydrogen) atoms. The molecule has 0 aliphatic heterocycles. The van der Waals surface area contributed by atoms with Gasteiger partial charge in [-0.2, -0.15) is 0 Å². The summed E-state index contributed by atoms with van der Waals surface area (Å²) in [5.74, 6) is -0.352. The number of carbonyl (C=O) groups excluding carboxylic acids is 4. The van der Waals surface area contributed by atoms with Gasteiger partial charge in [0.2, 0.25) is 11.1 Å². The first-order chi connectivity index (χ1) is 15.6. The molecule has 3 N–H and O–H groups in total. The lowest BCUT2D eigenvalue weighted by Gasteiger charge is -2.02. The molecule has 180 valence electrons. The van der Waals surface area contributed by atoms with Gasteiger partial charge >= 0.3 is 11.9 Å². The smallest absolute Gasteiger partial charge is 0.306 e. The van der Waals surface area contributed by atoms with E-state index in [-0.39, 0.29) is 31.6 Å². The zero-order valence-electron chi connectivity index (χ0n) is 17.6. The fourth-order valence-corrected chi connectivity index (χ4v) is 2.03. The van der Waals surface area contributed by atoms with Crippen molar-refractivity contribution in [3.8, 4) is 0 Å². The average Bonchev–Trinajstić information content (AvgIpc) is 2.80. The van der Waals surface area contributed by atoms with Crippen LogP contribution in [0.25, 0.3) is 0 Å². The minimum Gasteiger partial charge on any atom is -0.469 e. The summed E-state index contributed by atoms with van der Waals surface area (Å²) >= 11 is 11.2. The van der Waals surface area contributed by atoms with E-state index in [1.165, 1.54) is 32.8 Å². The van der Waals surface area contributed by atoms with Crippen molar-refractivity contribution in [2.75, 3.05) is 25.3 Å². The zero-order valence-corrected chi connectivity index (χ0v) is 21.5. The molecule has 0 fully saturated rings. The fraction of sp³-hybridized carbons (Fsp3) is 0.333. The van der Waals surface area contributed by atoms with Crippen LogP contribution >= 0.6 is 43.5 Å². The number of carbonyl (C=O) groups is 4. The Labute approximate surface area is 211 Å². The summed E-state index contributed by atoms with van der Waals surface area (Å²) in [5, 5.41) is 1.99. The highest BCUT2D eigenvalue weighted by molar-refractivity contribution is 9.10. The summed E-state index contributed by atoms with van der Waals surface area (Å²) in [7, 11) is 2.54. The van der Waals surface area contributed by atoms with Crippen LogP contribution in [0.15, 0.2) is 34.0 Å². The van der Waals surface area contributed by atoms with Gasteiger partial charge in [0.05, 0.1) is 51.8 Å². The van der Waals surface area contributed by atoms with Gasteiger partial charge in [0.25, 0.3) is 0 Å². The number of ether oxygens (including phenoxy) is 2. The molecular formula is C18H21Br2ClN6O6. The predicted molar refractivity (Wildman–Crippen MR) is 126 cm³/mol. The quantitative estimate of drug-likeness (QED) is 0.347. The molecule has 2 aromatic heterocycles. The monoisotopic (exact) mass is 610 g/mol. The molecule has 0 unspecified atom stereocenters. The molecule has 2 heterocycles. The Morgan fingerprint density at radius 3 is 1.76 bits per heavy atom. The number of aromatic nitrogens is 4. The van der Waals surface area contributed by atoms with Crippen LogP contribution in [0.2, 0.25) is 0 Å². The zero-order chi connectivity index (χ0) is 25.2. The second kappa shape index (κ2) is 17.8. The highest BCUT2D eigenvalue weighted by atomic mass is 79.9. The molecule has 2 rings (SSSR count). The first-order valence-electron chi connectivity index (χ1n) is 8.89. The number of amides is 1. The van der Waals surface area contributed by atoms with Crippen LogP contribution in [0.3, 0.4) is 0 Å². The highest BCUT2D eigenvalue weighted by Crippen LogP contribution is 2.07. The van der Waals surface area contributed by atoms with Crippen molar-refractivity contribution in [3.05, 3.63) is 34.0 Å². The van der Waals surface area contributed by atoms with E-state index in [9.17, 15) is 19.2 Å². The number of hydrogen-bond donors (Lipinski definition) is 2. The number of nitrogens with zero attached hydrogens (tertiary/aromatic N) is 4. The average molecular weight is 613 g/mol. The number of nitrogens with two attached hydrogens (primary N) is 1. The highest BCUT2D eigenvalue weighted by Gasteiger charge is 2.07. The van der Waals surface area contributed by atoms with E-state index in [4.69, 9.17) is 17.3 Å². The maximum atomic E-state index is 11.3. The number of halogens is 3. The summed E-state index contributed by atoms with van der Waals surface area (Å²) < 4.78 is 9.95.